The van der Waals surface area contributed by atoms with Crippen molar-refractivity contribution in [1.82, 2.24) is 9.80 Å². The summed E-state index contributed by atoms with van der Waals surface area (Å²) in [6.45, 7) is 6.23. The molecule has 2 saturated heterocycles. The van der Waals surface area contributed by atoms with Gasteiger partial charge in [0.1, 0.15) is 17.7 Å². The van der Waals surface area contributed by atoms with Crippen LogP contribution in [0.15, 0.2) is 78.9 Å². The number of hydrogen-bond acceptors (Lipinski definition) is 5. The SMILES string of the molecule is Cl.O=C(CN1CCC(C(Oc2cccc(F)c2)c2ccccc2)CC1)CN1CCN(c2cccc(Cl)c2)CC1. The summed E-state index contributed by atoms with van der Waals surface area (Å²) >= 11 is 6.15. The number of ketones is 1. The maximum atomic E-state index is 13.8. The number of halogens is 3. The average Bonchev–Trinajstić information content (AvgIpc) is 2.93. The molecule has 0 aromatic heterocycles. The van der Waals surface area contributed by atoms with E-state index in [9.17, 15) is 9.18 Å². The molecule has 0 N–H and O–H groups in total. The summed E-state index contributed by atoms with van der Waals surface area (Å²) in [4.78, 5) is 19.8. The Morgan fingerprint density at radius 2 is 1.51 bits per heavy atom. The third-order valence-corrected chi connectivity index (χ3v) is 7.83. The molecule has 2 aliphatic rings. The molecule has 2 fully saturated rings. The van der Waals surface area contributed by atoms with Gasteiger partial charge in [-0.05, 0) is 61.8 Å². The fourth-order valence-electron chi connectivity index (χ4n) is 5.57. The summed E-state index contributed by atoms with van der Waals surface area (Å²) in [5.74, 6) is 0.822. The van der Waals surface area contributed by atoms with Crippen LogP contribution in [0.2, 0.25) is 5.02 Å². The molecule has 0 saturated carbocycles. The predicted molar refractivity (Wildman–Crippen MR) is 158 cm³/mol. The van der Waals surface area contributed by atoms with Crippen LogP contribution in [0.3, 0.4) is 0 Å². The highest BCUT2D eigenvalue weighted by atomic mass is 35.5. The van der Waals surface area contributed by atoms with Gasteiger partial charge in [-0.25, -0.2) is 4.39 Å². The number of benzene rings is 3. The van der Waals surface area contributed by atoms with Crippen LogP contribution in [0.1, 0.15) is 24.5 Å². The van der Waals surface area contributed by atoms with Gasteiger partial charge in [-0.2, -0.15) is 0 Å². The molecule has 208 valence electrons. The number of ether oxygens (including phenoxy) is 1. The van der Waals surface area contributed by atoms with Crippen LogP contribution < -0.4 is 9.64 Å². The number of hydrogen-bond donors (Lipinski definition) is 0. The van der Waals surface area contributed by atoms with Gasteiger partial charge >= 0.3 is 0 Å². The topological polar surface area (TPSA) is 36.0 Å². The molecule has 5 nitrogen and oxygen atoms in total. The number of likely N-dealkylation sites (tertiary alicyclic amines) is 1. The third-order valence-electron chi connectivity index (χ3n) is 7.59. The van der Waals surface area contributed by atoms with E-state index in [1.54, 1.807) is 6.07 Å². The van der Waals surface area contributed by atoms with E-state index in [0.29, 0.717) is 24.8 Å². The van der Waals surface area contributed by atoms with Crippen molar-refractivity contribution >= 4 is 35.5 Å². The van der Waals surface area contributed by atoms with Crippen LogP contribution in [0.5, 0.6) is 5.75 Å². The van der Waals surface area contributed by atoms with E-state index >= 15 is 0 Å². The Bertz CT molecular complexity index is 1200. The van der Waals surface area contributed by atoms with Gasteiger partial charge in [-0.1, -0.05) is 54.1 Å². The first-order valence-corrected chi connectivity index (χ1v) is 13.9. The first-order valence-electron chi connectivity index (χ1n) is 13.5. The number of nitrogens with zero attached hydrogens (tertiary/aromatic N) is 3. The number of carbonyl (C=O) groups excluding carboxylic acids is 1. The van der Waals surface area contributed by atoms with Crippen molar-refractivity contribution in [2.75, 3.05) is 57.3 Å². The molecule has 2 aliphatic heterocycles. The highest BCUT2D eigenvalue weighted by Gasteiger charge is 2.30. The Hall–Kier alpha value is -2.64. The summed E-state index contributed by atoms with van der Waals surface area (Å²) in [7, 11) is 0. The molecular weight excluding hydrogens is 536 g/mol. The summed E-state index contributed by atoms with van der Waals surface area (Å²) < 4.78 is 20.1. The lowest BCUT2D eigenvalue weighted by atomic mass is 9.87. The molecule has 5 rings (SSSR count). The van der Waals surface area contributed by atoms with Crippen molar-refractivity contribution in [1.29, 1.82) is 0 Å². The van der Waals surface area contributed by atoms with Gasteiger partial charge in [0.15, 0.2) is 5.78 Å². The van der Waals surface area contributed by atoms with Crippen molar-refractivity contribution in [3.8, 4) is 5.75 Å². The maximum absolute atomic E-state index is 13.8. The molecule has 0 bridgehead atoms. The van der Waals surface area contributed by atoms with E-state index in [1.807, 2.05) is 42.5 Å². The van der Waals surface area contributed by atoms with Crippen molar-refractivity contribution < 1.29 is 13.9 Å². The first kappa shape index (κ1) is 29.3. The van der Waals surface area contributed by atoms with E-state index in [1.165, 1.54) is 12.1 Å². The zero-order valence-corrected chi connectivity index (χ0v) is 23.6. The van der Waals surface area contributed by atoms with Crippen LogP contribution >= 0.6 is 24.0 Å². The molecule has 1 unspecified atom stereocenters. The van der Waals surface area contributed by atoms with Crippen molar-refractivity contribution in [3.05, 3.63) is 95.3 Å². The van der Waals surface area contributed by atoms with Gasteiger partial charge in [-0.3, -0.25) is 14.6 Å². The highest BCUT2D eigenvalue weighted by molar-refractivity contribution is 6.30. The van der Waals surface area contributed by atoms with Crippen LogP contribution in [-0.2, 0) is 4.79 Å². The quantitative estimate of drug-likeness (QED) is 0.309. The van der Waals surface area contributed by atoms with E-state index in [4.69, 9.17) is 16.3 Å². The summed E-state index contributed by atoms with van der Waals surface area (Å²) in [5.41, 5.74) is 2.24. The molecule has 0 spiro atoms. The van der Waals surface area contributed by atoms with Crippen LogP contribution in [-0.4, -0.2) is 67.9 Å². The van der Waals surface area contributed by atoms with Gasteiger partial charge in [0.05, 0.1) is 13.1 Å². The minimum atomic E-state index is -0.298. The second-order valence-electron chi connectivity index (χ2n) is 10.3. The van der Waals surface area contributed by atoms with Gasteiger partial charge < -0.3 is 9.64 Å². The Balaban J connectivity index is 0.00000353. The molecule has 3 aromatic rings. The minimum absolute atomic E-state index is 0. The third kappa shape index (κ3) is 8.18. The van der Waals surface area contributed by atoms with Crippen molar-refractivity contribution in [2.45, 2.75) is 18.9 Å². The molecule has 0 aliphatic carbocycles. The molecule has 8 heteroatoms. The number of carbonyl (C=O) groups is 1. The second-order valence-corrected chi connectivity index (χ2v) is 10.7. The molecule has 0 amide bonds. The van der Waals surface area contributed by atoms with Crippen LogP contribution in [0.4, 0.5) is 10.1 Å². The molecule has 3 aromatic carbocycles. The monoisotopic (exact) mass is 571 g/mol. The Kier molecular flexibility index (Phi) is 10.6. The van der Waals surface area contributed by atoms with Gasteiger partial charge in [0, 0.05) is 48.9 Å². The smallest absolute Gasteiger partial charge is 0.160 e. The standard InChI is InChI=1S/C31H35ClFN3O2.ClH/c32-26-8-4-10-28(20-26)36-18-16-35(17-19-36)23-29(37)22-34-14-12-25(13-15-34)31(24-6-2-1-3-7-24)38-30-11-5-9-27(33)21-30;/h1-11,20-21,25,31H,12-19,22-23H2;1H. The largest absolute Gasteiger partial charge is 0.485 e. The number of piperidine rings is 1. The van der Waals surface area contributed by atoms with Crippen molar-refractivity contribution in [2.24, 2.45) is 5.92 Å². The molecule has 2 heterocycles. The van der Waals surface area contributed by atoms with E-state index < -0.39 is 0 Å². The van der Waals surface area contributed by atoms with Gasteiger partial charge in [-0.15, -0.1) is 12.4 Å². The molecule has 1 atom stereocenters. The fraction of sp³-hybridized carbons (Fsp3) is 0.387. The number of rotatable bonds is 9. The number of anilines is 1. The molecule has 0 radical (unpaired) electrons. The Labute approximate surface area is 241 Å². The van der Waals surface area contributed by atoms with Gasteiger partial charge in [0.25, 0.3) is 0 Å². The highest BCUT2D eigenvalue weighted by Crippen LogP contribution is 2.35. The minimum Gasteiger partial charge on any atom is -0.485 e. The summed E-state index contributed by atoms with van der Waals surface area (Å²) in [5, 5.41) is 0.750. The van der Waals surface area contributed by atoms with Crippen LogP contribution in [0.25, 0.3) is 0 Å². The van der Waals surface area contributed by atoms with E-state index in [0.717, 1.165) is 68.4 Å². The van der Waals surface area contributed by atoms with Crippen LogP contribution in [0, 0.1) is 11.7 Å². The molecular formula is C31H36Cl2FN3O2. The predicted octanol–water partition coefficient (Wildman–Crippen LogP) is 6.12. The Morgan fingerprint density at radius 1 is 0.846 bits per heavy atom. The summed E-state index contributed by atoms with van der Waals surface area (Å²) in [6, 6.07) is 24.5. The lowest BCUT2D eigenvalue weighted by Gasteiger charge is -2.37. The van der Waals surface area contributed by atoms with Crippen molar-refractivity contribution in [3.63, 3.8) is 0 Å². The number of piperazine rings is 1. The lowest BCUT2D eigenvalue weighted by molar-refractivity contribution is -0.121. The second kappa shape index (κ2) is 14.1. The van der Waals surface area contributed by atoms with E-state index in [-0.39, 0.29) is 30.1 Å². The zero-order chi connectivity index (χ0) is 26.3. The average molecular weight is 573 g/mol. The first-order chi connectivity index (χ1) is 18.5. The van der Waals surface area contributed by atoms with E-state index in [2.05, 4.69) is 32.9 Å². The normalized spacial score (nSPS) is 17.8. The fourth-order valence-corrected chi connectivity index (χ4v) is 5.75. The summed E-state index contributed by atoms with van der Waals surface area (Å²) in [6.07, 6.45) is 1.72. The van der Waals surface area contributed by atoms with Gasteiger partial charge in [0.2, 0.25) is 0 Å². The zero-order valence-electron chi connectivity index (χ0n) is 22.1. The maximum Gasteiger partial charge on any atom is 0.160 e. The Morgan fingerprint density at radius 3 is 2.18 bits per heavy atom. The number of Topliss-reactive ketones (excluding diaryl/α,β-unsaturated/α-hetero) is 1. The lowest BCUT2D eigenvalue weighted by Crippen LogP contribution is -2.49. The molecule has 39 heavy (non-hydrogen) atoms.